The molecule has 35 heavy (non-hydrogen) atoms. The smallest absolute Gasteiger partial charge is 0.000468 e. The van der Waals surface area contributed by atoms with Crippen LogP contribution in [0, 0.1) is 0 Å². The van der Waals surface area contributed by atoms with Crippen LogP contribution in [0.1, 0.15) is 0 Å². The minimum absolute atomic E-state index is 1.29. The lowest BCUT2D eigenvalue weighted by atomic mass is 12.0. The molecule has 0 saturated carbocycles. The van der Waals surface area contributed by atoms with Gasteiger partial charge in [0, 0.05) is 144 Å². The summed E-state index contributed by atoms with van der Waals surface area (Å²) in [5, 5.41) is 0. The van der Waals surface area contributed by atoms with Crippen LogP contribution in [0.15, 0.2) is 0 Å². The largest absolute Gasteiger partial charge is 0.0988 e. The van der Waals surface area contributed by atoms with E-state index in [1.54, 1.807) is 128 Å². The zero-order chi connectivity index (χ0) is 25.7. The maximum atomic E-state index is 5.21. The minimum Gasteiger partial charge on any atom is -0.0988 e. The van der Waals surface area contributed by atoms with E-state index >= 15 is 0 Å². The van der Waals surface area contributed by atoms with Crippen LogP contribution >= 0.6 is 306 Å². The van der Waals surface area contributed by atoms with Crippen molar-refractivity contribution in [2.75, 3.05) is 6.26 Å². The third kappa shape index (κ3) is 45.6. The van der Waals surface area contributed by atoms with Gasteiger partial charge in [-0.05, 0) is 186 Å². The van der Waals surface area contributed by atoms with Gasteiger partial charge in [0.15, 0.2) is 0 Å². The molecule has 0 rings (SSSR count). The Balaban J connectivity index is 3.04. The first kappa shape index (κ1) is 46.6. The zero-order valence-corrected chi connectivity index (χ0v) is 42.8. The number of hydrogen-bond acceptors (Lipinski definition) is 33. The second kappa shape index (κ2) is 40.1. The Hall–Kier alpha value is 11.6. The molecule has 0 N–H and O–H groups in total. The van der Waals surface area contributed by atoms with Gasteiger partial charge in [-0.1, -0.05) is 11.7 Å². The Morgan fingerprint density at radius 1 is 0.343 bits per heavy atom. The second-order valence-electron chi connectivity index (χ2n) is 2.75. The highest BCUT2D eigenvalue weighted by Gasteiger charge is 2.02. The molecule has 0 amide bonds. The van der Waals surface area contributed by atoms with Gasteiger partial charge in [-0.25, -0.2) is 0 Å². The molecule has 0 fully saturated rings. The van der Waals surface area contributed by atoms with Crippen molar-refractivity contribution >= 4 is 335 Å². The Labute approximate surface area is 332 Å². The van der Waals surface area contributed by atoms with Crippen molar-refractivity contribution in [3.8, 4) is 0 Å². The van der Waals surface area contributed by atoms with Crippen molar-refractivity contribution in [3.63, 3.8) is 0 Å². The van der Waals surface area contributed by atoms with Crippen molar-refractivity contribution in [2.24, 2.45) is 0 Å². The van der Waals surface area contributed by atoms with E-state index in [9.17, 15) is 0 Å². The molecule has 0 atom stereocenters. The molecule has 0 unspecified atom stereocenters. The normalized spacial score (nSPS) is 11.9. The first-order valence-electron chi connectivity index (χ1n) is 5.92. The molecule has 34 heteroatoms. The summed E-state index contributed by atoms with van der Waals surface area (Å²) >= 11 is 14.5. The monoisotopic (exact) mass is 1100 g/mol. The lowest BCUT2D eigenvalue weighted by Crippen LogP contribution is -1.75. The van der Waals surface area contributed by atoms with E-state index in [1.165, 1.54) is 9.83 Å². The number of hydrogen-bond donors (Lipinski definition) is 1. The maximum absolute atomic E-state index is 5.21. The van der Waals surface area contributed by atoms with Crippen molar-refractivity contribution in [2.45, 2.75) is 0 Å². The van der Waals surface area contributed by atoms with Crippen molar-refractivity contribution in [3.05, 3.63) is 0 Å². The molecule has 0 aromatic rings. The van der Waals surface area contributed by atoms with Crippen molar-refractivity contribution < 1.29 is 0 Å². The summed E-state index contributed by atoms with van der Waals surface area (Å²) in [4.78, 5) is 0. The molecular weight excluding hydrogens is 1100 g/mol. The molecule has 0 radical (unpaired) electrons. The topological polar surface area (TPSA) is 0 Å². The average Bonchev–Trinajstić information content (AvgIpc) is 2.82. The maximum Gasteiger partial charge on any atom is 0.000468 e. The molecule has 0 bridgehead atoms. The van der Waals surface area contributed by atoms with Gasteiger partial charge < -0.3 is 0 Å². The molecule has 0 saturated heterocycles. The summed E-state index contributed by atoms with van der Waals surface area (Å²) in [5.74, 6) is 0. The van der Waals surface area contributed by atoms with Crippen LogP contribution in [0.2, 0.25) is 0 Å². The summed E-state index contributed by atoms with van der Waals surface area (Å²) < 4.78 is 0. The predicted molar refractivity (Wildman–Crippen MR) is 265 cm³/mol. The third-order valence-electron chi connectivity index (χ3n) is 0.932. The van der Waals surface area contributed by atoms with Crippen LogP contribution < -0.4 is 0 Å². The molecular formula is CH4S34. The first-order valence-corrected chi connectivity index (χ1v) is 50.9. The fourth-order valence-corrected chi connectivity index (χ4v) is 85.2. The molecule has 0 nitrogen and oxygen atoms in total. The van der Waals surface area contributed by atoms with Gasteiger partial charge in [0.2, 0.25) is 0 Å². The number of thiol groups is 1. The molecule has 0 aliphatic heterocycles. The Morgan fingerprint density at radius 2 is 0.514 bits per heavy atom. The summed E-state index contributed by atoms with van der Waals surface area (Å²) in [7, 11) is 53.3. The van der Waals surface area contributed by atoms with Crippen LogP contribution in [-0.4, -0.2) is 6.26 Å². The molecule has 0 aromatic heterocycles. The first-order chi connectivity index (χ1) is 17.1. The average molecular weight is 1110 g/mol. The van der Waals surface area contributed by atoms with Gasteiger partial charge in [0.25, 0.3) is 0 Å². The Morgan fingerprint density at radius 3 is 0.686 bits per heavy atom. The van der Waals surface area contributed by atoms with E-state index in [1.807, 2.05) is 163 Å². The van der Waals surface area contributed by atoms with E-state index in [4.69, 9.17) is 22.4 Å². The Kier molecular flexibility index (Phi) is 53.4. The van der Waals surface area contributed by atoms with Gasteiger partial charge in [-0.3, -0.25) is 0 Å². The van der Waals surface area contributed by atoms with Gasteiger partial charge in [-0.2, -0.15) is 0 Å². The van der Waals surface area contributed by atoms with Crippen LogP contribution in [0.3, 0.4) is 0 Å². The fourth-order valence-electron chi connectivity index (χ4n) is 0.369. The summed E-state index contributed by atoms with van der Waals surface area (Å²) in [6.07, 6.45) is 0.667. The molecule has 0 aliphatic carbocycles. The van der Waals surface area contributed by atoms with E-state index < -0.39 is 6.18 Å². The molecule has 0 heterocycles. The lowest BCUT2D eigenvalue weighted by molar-refractivity contribution is 2.53. The SMILES string of the molecule is CS(=S)(=S)SSSSSSSSSSSSSSSSSSSSSSSSSSSSSSS. The lowest BCUT2D eigenvalue weighted by Gasteiger charge is -2.00. The van der Waals surface area contributed by atoms with E-state index in [2.05, 4.69) is 11.7 Å². The van der Waals surface area contributed by atoms with E-state index in [-0.39, 0.29) is 0 Å². The molecule has 0 aliphatic rings. The highest BCUT2D eigenvalue weighted by atomic mass is 34.1. The quantitative estimate of drug-likeness (QED) is 0.0412. The van der Waals surface area contributed by atoms with Crippen molar-refractivity contribution in [1.82, 2.24) is 0 Å². The van der Waals surface area contributed by atoms with Crippen LogP contribution in [0.25, 0.3) is 0 Å². The molecule has 0 aromatic carbocycles. The summed E-state index contributed by atoms with van der Waals surface area (Å²) in [6, 6.07) is 0. The zero-order valence-electron chi connectivity index (χ0n) is 14.9. The van der Waals surface area contributed by atoms with Crippen LogP contribution in [0.4, 0.5) is 0 Å². The van der Waals surface area contributed by atoms with Gasteiger partial charge in [0.05, 0.1) is 0 Å². The fraction of sp³-hybridized carbons (Fsp3) is 1.00. The van der Waals surface area contributed by atoms with E-state index in [0.717, 1.165) is 0 Å². The predicted octanol–water partition coefficient (Wildman–Crippen LogP) is 20.0. The van der Waals surface area contributed by atoms with Crippen LogP contribution in [-0.2, 0) is 28.6 Å². The molecule has 0 spiro atoms. The van der Waals surface area contributed by atoms with E-state index in [0.29, 0.717) is 0 Å². The van der Waals surface area contributed by atoms with Crippen LogP contribution in [0.5, 0.6) is 0 Å². The number of rotatable bonds is 30. The second-order valence-corrected chi connectivity index (χ2v) is 65.3. The Bertz CT molecular complexity index is 475. The highest BCUT2D eigenvalue weighted by molar-refractivity contribution is 9.61. The minimum atomic E-state index is -1.29. The highest BCUT2D eigenvalue weighted by Crippen LogP contribution is 2.66. The standard InChI is InChI=1S/CH4S34/c1-35(3,4)34-33-32-31-30-29-28-27-26-25-24-23-22-21-20-19-18-17-16-15-14-13-12-11-10-9-8-7-6-5-2/h2H,1H3. The molecule has 212 valence electrons. The van der Waals surface area contributed by atoms with Crippen molar-refractivity contribution in [1.29, 1.82) is 0 Å². The third-order valence-corrected chi connectivity index (χ3v) is 71.8. The van der Waals surface area contributed by atoms with Gasteiger partial charge in [0.1, 0.15) is 0 Å². The summed E-state index contributed by atoms with van der Waals surface area (Å²) in [6.45, 7) is 0. The van der Waals surface area contributed by atoms with Gasteiger partial charge >= 0.3 is 0 Å². The van der Waals surface area contributed by atoms with Gasteiger partial charge in [-0.15, -0.1) is 0 Å². The summed E-state index contributed by atoms with van der Waals surface area (Å²) in [5.41, 5.74) is 0.